The molecule has 0 saturated heterocycles. The third-order valence-corrected chi connectivity index (χ3v) is 4.00. The predicted octanol–water partition coefficient (Wildman–Crippen LogP) is 4.82. The van der Waals surface area contributed by atoms with E-state index in [1.54, 1.807) is 18.2 Å². The van der Waals surface area contributed by atoms with E-state index in [-0.39, 0.29) is 0 Å². The first kappa shape index (κ1) is 19.7. The molecular formula is C22H26O4. The van der Waals surface area contributed by atoms with Gasteiger partial charge in [0.2, 0.25) is 0 Å². The van der Waals surface area contributed by atoms with Crippen LogP contribution in [0.3, 0.4) is 0 Å². The Morgan fingerprint density at radius 2 is 1.38 bits per heavy atom. The van der Waals surface area contributed by atoms with Gasteiger partial charge in [-0.3, -0.25) is 0 Å². The Balaban J connectivity index is 1.78. The van der Waals surface area contributed by atoms with Crippen LogP contribution < -0.4 is 0 Å². The molecule has 2 aromatic carbocycles. The topological polar surface area (TPSA) is 52.6 Å². The Hall–Kier alpha value is -2.62. The Labute approximate surface area is 155 Å². The fraction of sp³-hybridized carbons (Fsp3) is 0.364. The minimum Gasteiger partial charge on any atom is -0.462 e. The average Bonchev–Trinajstić information content (AvgIpc) is 2.69. The maximum Gasteiger partial charge on any atom is 0.338 e. The summed E-state index contributed by atoms with van der Waals surface area (Å²) in [7, 11) is 0. The van der Waals surface area contributed by atoms with Gasteiger partial charge in [0.05, 0.1) is 24.3 Å². The zero-order valence-electron chi connectivity index (χ0n) is 15.3. The molecule has 0 amide bonds. The van der Waals surface area contributed by atoms with Gasteiger partial charge in [0.1, 0.15) is 0 Å². The van der Waals surface area contributed by atoms with Crippen molar-refractivity contribution in [3.63, 3.8) is 0 Å². The van der Waals surface area contributed by atoms with E-state index in [4.69, 9.17) is 9.47 Å². The lowest BCUT2D eigenvalue weighted by molar-refractivity contribution is 0.0497. The minimum atomic E-state index is -0.418. The molecule has 0 saturated carbocycles. The number of benzene rings is 2. The third kappa shape index (κ3) is 6.71. The molecule has 0 N–H and O–H groups in total. The van der Waals surface area contributed by atoms with Crippen LogP contribution in [0.15, 0.2) is 54.6 Å². The molecule has 0 unspecified atom stereocenters. The van der Waals surface area contributed by atoms with Gasteiger partial charge in [-0.15, -0.1) is 0 Å². The van der Waals surface area contributed by atoms with Crippen molar-refractivity contribution >= 4 is 11.9 Å². The second-order valence-corrected chi connectivity index (χ2v) is 6.15. The molecule has 0 aliphatic carbocycles. The number of aryl methyl sites for hydroxylation is 1. The highest BCUT2D eigenvalue weighted by molar-refractivity contribution is 5.95. The highest BCUT2D eigenvalue weighted by atomic mass is 16.5. The summed E-state index contributed by atoms with van der Waals surface area (Å²) in [4.78, 5) is 24.2. The van der Waals surface area contributed by atoms with E-state index in [0.717, 1.165) is 32.1 Å². The van der Waals surface area contributed by atoms with Crippen LogP contribution in [0.1, 0.15) is 58.9 Å². The van der Waals surface area contributed by atoms with Crippen LogP contribution >= 0.6 is 0 Å². The molecule has 0 heterocycles. The van der Waals surface area contributed by atoms with Gasteiger partial charge >= 0.3 is 11.9 Å². The number of unbranched alkanes of at least 4 members (excludes halogenated alkanes) is 2. The molecule has 0 aromatic heterocycles. The maximum atomic E-state index is 12.2. The van der Waals surface area contributed by atoms with E-state index < -0.39 is 11.9 Å². The number of esters is 2. The molecule has 26 heavy (non-hydrogen) atoms. The smallest absolute Gasteiger partial charge is 0.338 e. The largest absolute Gasteiger partial charge is 0.462 e. The van der Waals surface area contributed by atoms with Gasteiger partial charge in [-0.05, 0) is 43.0 Å². The lowest BCUT2D eigenvalue weighted by Gasteiger charge is -2.07. The molecule has 0 fully saturated rings. The quantitative estimate of drug-likeness (QED) is 0.453. The first-order valence-electron chi connectivity index (χ1n) is 9.19. The van der Waals surface area contributed by atoms with E-state index in [9.17, 15) is 9.59 Å². The molecule has 4 nitrogen and oxygen atoms in total. The standard InChI is InChI=1S/C22H26O4/c1-2-3-7-15-25-21(23)19-13-8-14-20(17-19)22(24)26-16-9-12-18-10-5-4-6-11-18/h4-6,8,10-11,13-14,17H,2-3,7,9,12,15-16H2,1H3. The van der Waals surface area contributed by atoms with Crippen LogP contribution in [-0.4, -0.2) is 25.2 Å². The zero-order chi connectivity index (χ0) is 18.6. The van der Waals surface area contributed by atoms with Crippen LogP contribution in [0.5, 0.6) is 0 Å². The van der Waals surface area contributed by atoms with Gasteiger partial charge in [0, 0.05) is 0 Å². The van der Waals surface area contributed by atoms with Gasteiger partial charge in [-0.2, -0.15) is 0 Å². The number of carbonyl (C=O) groups is 2. The highest BCUT2D eigenvalue weighted by Crippen LogP contribution is 2.10. The van der Waals surface area contributed by atoms with Crippen LogP contribution in [0.25, 0.3) is 0 Å². The SMILES string of the molecule is CCCCCOC(=O)c1cccc(C(=O)OCCCc2ccccc2)c1. The second-order valence-electron chi connectivity index (χ2n) is 6.15. The van der Waals surface area contributed by atoms with Crippen molar-refractivity contribution in [1.29, 1.82) is 0 Å². The Kier molecular flexibility index (Phi) is 8.40. The minimum absolute atomic E-state index is 0.347. The molecule has 0 aliphatic heterocycles. The van der Waals surface area contributed by atoms with Crippen LogP contribution in [0.4, 0.5) is 0 Å². The van der Waals surface area contributed by atoms with Crippen molar-refractivity contribution in [2.24, 2.45) is 0 Å². The number of hydrogen-bond donors (Lipinski definition) is 0. The lowest BCUT2D eigenvalue weighted by atomic mass is 10.1. The molecule has 0 spiro atoms. The van der Waals surface area contributed by atoms with Crippen molar-refractivity contribution in [2.45, 2.75) is 39.0 Å². The van der Waals surface area contributed by atoms with E-state index in [1.165, 1.54) is 11.6 Å². The molecule has 0 radical (unpaired) electrons. The van der Waals surface area contributed by atoms with E-state index in [2.05, 4.69) is 19.1 Å². The molecule has 0 atom stereocenters. The van der Waals surface area contributed by atoms with E-state index in [1.807, 2.05) is 18.2 Å². The summed E-state index contributed by atoms with van der Waals surface area (Å²) in [6.45, 7) is 2.84. The Morgan fingerprint density at radius 1 is 0.769 bits per heavy atom. The lowest BCUT2D eigenvalue weighted by Crippen LogP contribution is -2.10. The highest BCUT2D eigenvalue weighted by Gasteiger charge is 2.12. The van der Waals surface area contributed by atoms with Gasteiger partial charge in [0.25, 0.3) is 0 Å². The Bertz CT molecular complexity index is 694. The zero-order valence-corrected chi connectivity index (χ0v) is 15.3. The molecule has 2 rings (SSSR count). The van der Waals surface area contributed by atoms with Gasteiger partial charge in [-0.1, -0.05) is 56.2 Å². The number of ether oxygens (including phenoxy) is 2. The van der Waals surface area contributed by atoms with Crippen molar-refractivity contribution in [3.8, 4) is 0 Å². The van der Waals surface area contributed by atoms with Crippen LogP contribution in [-0.2, 0) is 15.9 Å². The second kappa shape index (κ2) is 11.1. The van der Waals surface area contributed by atoms with Gasteiger partial charge in [-0.25, -0.2) is 9.59 Å². The number of hydrogen-bond acceptors (Lipinski definition) is 4. The summed E-state index contributed by atoms with van der Waals surface area (Å²) in [5, 5.41) is 0. The Morgan fingerprint density at radius 3 is 2.00 bits per heavy atom. The number of carbonyl (C=O) groups excluding carboxylic acids is 2. The first-order valence-corrected chi connectivity index (χ1v) is 9.19. The van der Waals surface area contributed by atoms with Crippen molar-refractivity contribution in [1.82, 2.24) is 0 Å². The van der Waals surface area contributed by atoms with Crippen LogP contribution in [0.2, 0.25) is 0 Å². The summed E-state index contributed by atoms with van der Waals surface area (Å²) in [5.74, 6) is -0.821. The monoisotopic (exact) mass is 354 g/mol. The fourth-order valence-electron chi connectivity index (χ4n) is 2.54. The normalized spacial score (nSPS) is 10.3. The maximum absolute atomic E-state index is 12.2. The summed E-state index contributed by atoms with van der Waals surface area (Å²) in [6, 6.07) is 16.6. The number of rotatable bonds is 10. The summed E-state index contributed by atoms with van der Waals surface area (Å²) >= 11 is 0. The molecule has 138 valence electrons. The summed E-state index contributed by atoms with van der Waals surface area (Å²) in [6.07, 6.45) is 4.57. The van der Waals surface area contributed by atoms with Crippen molar-refractivity contribution in [3.05, 3.63) is 71.3 Å². The van der Waals surface area contributed by atoms with Gasteiger partial charge < -0.3 is 9.47 Å². The molecule has 0 bridgehead atoms. The molecular weight excluding hydrogens is 328 g/mol. The summed E-state index contributed by atoms with van der Waals surface area (Å²) in [5.41, 5.74) is 1.96. The van der Waals surface area contributed by atoms with E-state index in [0.29, 0.717) is 24.3 Å². The summed E-state index contributed by atoms with van der Waals surface area (Å²) < 4.78 is 10.5. The van der Waals surface area contributed by atoms with Crippen LogP contribution in [0, 0.1) is 0 Å². The predicted molar refractivity (Wildman–Crippen MR) is 101 cm³/mol. The van der Waals surface area contributed by atoms with E-state index >= 15 is 0 Å². The third-order valence-electron chi connectivity index (χ3n) is 4.00. The fourth-order valence-corrected chi connectivity index (χ4v) is 2.54. The molecule has 0 aliphatic rings. The molecule has 4 heteroatoms. The average molecular weight is 354 g/mol. The van der Waals surface area contributed by atoms with Crippen molar-refractivity contribution < 1.29 is 19.1 Å². The first-order chi connectivity index (χ1) is 12.7. The molecule has 2 aromatic rings. The van der Waals surface area contributed by atoms with Crippen molar-refractivity contribution in [2.75, 3.05) is 13.2 Å². The van der Waals surface area contributed by atoms with Gasteiger partial charge in [0.15, 0.2) is 0 Å².